The average molecular weight is 459 g/mol. The SMILES string of the molecule is Cc1cnc(-c2ccc(NC(=O)CCCc3ccc(N(CCCl)CCCl)cc3)cc2)[nH]1. The highest BCUT2D eigenvalue weighted by atomic mass is 35.5. The van der Waals surface area contributed by atoms with E-state index in [2.05, 4.69) is 44.5 Å². The van der Waals surface area contributed by atoms with E-state index in [1.165, 1.54) is 5.56 Å². The molecular weight excluding hydrogens is 431 g/mol. The molecule has 0 saturated heterocycles. The summed E-state index contributed by atoms with van der Waals surface area (Å²) < 4.78 is 0. The lowest BCUT2D eigenvalue weighted by molar-refractivity contribution is -0.116. The lowest BCUT2D eigenvalue weighted by Crippen LogP contribution is -2.27. The number of halogens is 2. The van der Waals surface area contributed by atoms with Crippen molar-refractivity contribution in [3.05, 3.63) is 66.0 Å². The van der Waals surface area contributed by atoms with E-state index in [9.17, 15) is 4.79 Å². The first-order valence-corrected chi connectivity index (χ1v) is 11.5. The van der Waals surface area contributed by atoms with Crippen molar-refractivity contribution in [2.45, 2.75) is 26.2 Å². The number of alkyl halides is 2. The zero-order valence-corrected chi connectivity index (χ0v) is 19.2. The van der Waals surface area contributed by atoms with Gasteiger partial charge in [0.1, 0.15) is 5.82 Å². The summed E-state index contributed by atoms with van der Waals surface area (Å²) in [6.07, 6.45) is 3.93. The van der Waals surface area contributed by atoms with Gasteiger partial charge in [-0.15, -0.1) is 23.2 Å². The van der Waals surface area contributed by atoms with Crippen LogP contribution in [-0.2, 0) is 11.2 Å². The number of imidazole rings is 1. The van der Waals surface area contributed by atoms with E-state index in [0.717, 1.165) is 54.4 Å². The number of hydrogen-bond acceptors (Lipinski definition) is 3. The Morgan fingerprint density at radius 3 is 2.29 bits per heavy atom. The Balaban J connectivity index is 1.44. The quantitative estimate of drug-likeness (QED) is 0.366. The summed E-state index contributed by atoms with van der Waals surface area (Å²) in [5.74, 6) is 1.99. The van der Waals surface area contributed by atoms with Crippen molar-refractivity contribution >= 4 is 40.5 Å². The largest absolute Gasteiger partial charge is 0.369 e. The second kappa shape index (κ2) is 11.8. The molecule has 1 amide bonds. The van der Waals surface area contributed by atoms with Gasteiger partial charge >= 0.3 is 0 Å². The van der Waals surface area contributed by atoms with Crippen LogP contribution in [0.15, 0.2) is 54.7 Å². The van der Waals surface area contributed by atoms with E-state index in [0.29, 0.717) is 18.2 Å². The molecule has 0 atom stereocenters. The maximum absolute atomic E-state index is 12.3. The predicted molar refractivity (Wildman–Crippen MR) is 130 cm³/mol. The van der Waals surface area contributed by atoms with E-state index in [1.54, 1.807) is 6.20 Å². The van der Waals surface area contributed by atoms with E-state index in [-0.39, 0.29) is 5.91 Å². The maximum Gasteiger partial charge on any atom is 0.224 e. The lowest BCUT2D eigenvalue weighted by atomic mass is 10.1. The van der Waals surface area contributed by atoms with Gasteiger partial charge in [-0.05, 0) is 61.7 Å². The number of anilines is 2. The Morgan fingerprint density at radius 1 is 1.03 bits per heavy atom. The number of H-pyrrole nitrogens is 1. The van der Waals surface area contributed by atoms with Gasteiger partial charge in [-0.2, -0.15) is 0 Å². The first kappa shape index (κ1) is 23.2. The summed E-state index contributed by atoms with van der Waals surface area (Å²) in [6, 6.07) is 16.1. The molecule has 1 aromatic heterocycles. The van der Waals surface area contributed by atoms with Gasteiger partial charge in [-0.1, -0.05) is 12.1 Å². The van der Waals surface area contributed by atoms with Crippen LogP contribution in [0, 0.1) is 6.92 Å². The molecule has 0 fully saturated rings. The number of carbonyl (C=O) groups is 1. The summed E-state index contributed by atoms with van der Waals surface area (Å²) in [5, 5.41) is 2.96. The Bertz CT molecular complexity index is 948. The van der Waals surface area contributed by atoms with Gasteiger partial charge in [-0.3, -0.25) is 4.79 Å². The van der Waals surface area contributed by atoms with Crippen LogP contribution in [0.1, 0.15) is 24.1 Å². The van der Waals surface area contributed by atoms with Crippen LogP contribution in [0.3, 0.4) is 0 Å². The number of aromatic amines is 1. The normalized spacial score (nSPS) is 10.8. The molecule has 5 nitrogen and oxygen atoms in total. The molecule has 3 aromatic rings. The van der Waals surface area contributed by atoms with Gasteiger partial charge in [-0.25, -0.2) is 4.98 Å². The number of benzene rings is 2. The fraction of sp³-hybridized carbons (Fsp3) is 0.333. The molecule has 0 spiro atoms. The highest BCUT2D eigenvalue weighted by Crippen LogP contribution is 2.19. The van der Waals surface area contributed by atoms with Gasteiger partial charge in [0.25, 0.3) is 0 Å². The number of amides is 1. The predicted octanol–water partition coefficient (Wildman–Crippen LogP) is 5.63. The second-order valence-corrected chi connectivity index (χ2v) is 8.18. The number of carbonyl (C=O) groups excluding carboxylic acids is 1. The van der Waals surface area contributed by atoms with Crippen LogP contribution in [-0.4, -0.2) is 40.7 Å². The summed E-state index contributed by atoms with van der Waals surface area (Å²) >= 11 is 11.8. The van der Waals surface area contributed by atoms with Gasteiger partial charge in [0.05, 0.1) is 0 Å². The number of nitrogens with one attached hydrogen (secondary N) is 2. The maximum atomic E-state index is 12.3. The van der Waals surface area contributed by atoms with Crippen LogP contribution in [0.25, 0.3) is 11.4 Å². The van der Waals surface area contributed by atoms with Crippen LogP contribution < -0.4 is 10.2 Å². The highest BCUT2D eigenvalue weighted by Gasteiger charge is 2.07. The van der Waals surface area contributed by atoms with Crippen molar-refractivity contribution in [3.8, 4) is 11.4 Å². The van der Waals surface area contributed by atoms with Gasteiger partial charge < -0.3 is 15.2 Å². The molecule has 0 bridgehead atoms. The minimum Gasteiger partial charge on any atom is -0.369 e. The summed E-state index contributed by atoms with van der Waals surface area (Å²) in [6.45, 7) is 3.52. The minimum absolute atomic E-state index is 0.0219. The topological polar surface area (TPSA) is 61.0 Å². The third-order valence-electron chi connectivity index (χ3n) is 5.02. The molecule has 0 radical (unpaired) electrons. The summed E-state index contributed by atoms with van der Waals surface area (Å²) in [5.41, 5.74) is 5.14. The first-order valence-electron chi connectivity index (χ1n) is 10.5. The summed E-state index contributed by atoms with van der Waals surface area (Å²) in [4.78, 5) is 22.0. The van der Waals surface area contributed by atoms with Crippen LogP contribution in [0.5, 0.6) is 0 Å². The smallest absolute Gasteiger partial charge is 0.224 e. The zero-order chi connectivity index (χ0) is 22.1. The molecule has 7 heteroatoms. The number of nitrogens with zero attached hydrogens (tertiary/aromatic N) is 2. The number of aryl methyl sites for hydroxylation is 2. The van der Waals surface area contributed by atoms with Crippen molar-refractivity contribution < 1.29 is 4.79 Å². The Morgan fingerprint density at radius 2 is 1.71 bits per heavy atom. The average Bonchev–Trinajstić information content (AvgIpc) is 3.21. The van der Waals surface area contributed by atoms with Crippen molar-refractivity contribution in [2.75, 3.05) is 35.1 Å². The molecule has 0 unspecified atom stereocenters. The lowest BCUT2D eigenvalue weighted by Gasteiger charge is -2.23. The molecule has 3 rings (SSSR count). The van der Waals surface area contributed by atoms with E-state index < -0.39 is 0 Å². The van der Waals surface area contributed by atoms with Crippen LogP contribution in [0.4, 0.5) is 11.4 Å². The molecule has 31 heavy (non-hydrogen) atoms. The third kappa shape index (κ3) is 7.01. The van der Waals surface area contributed by atoms with Gasteiger partial charge in [0.15, 0.2) is 0 Å². The molecule has 0 saturated carbocycles. The van der Waals surface area contributed by atoms with Crippen LogP contribution >= 0.6 is 23.2 Å². The van der Waals surface area contributed by atoms with E-state index in [1.807, 2.05) is 31.2 Å². The van der Waals surface area contributed by atoms with E-state index >= 15 is 0 Å². The Kier molecular flexibility index (Phi) is 8.80. The first-order chi connectivity index (χ1) is 15.1. The molecule has 0 aliphatic rings. The Labute approximate surface area is 193 Å². The minimum atomic E-state index is 0.0219. The fourth-order valence-corrected chi connectivity index (χ4v) is 3.80. The molecule has 1 heterocycles. The Hall–Kier alpha value is -2.50. The monoisotopic (exact) mass is 458 g/mol. The second-order valence-electron chi connectivity index (χ2n) is 7.43. The fourth-order valence-electron chi connectivity index (χ4n) is 3.39. The third-order valence-corrected chi connectivity index (χ3v) is 5.36. The van der Waals surface area contributed by atoms with Crippen molar-refractivity contribution in [1.82, 2.24) is 9.97 Å². The molecule has 2 aromatic carbocycles. The molecule has 2 N–H and O–H groups in total. The van der Waals surface area contributed by atoms with Crippen molar-refractivity contribution in [3.63, 3.8) is 0 Å². The number of hydrogen-bond donors (Lipinski definition) is 2. The molecule has 0 aliphatic carbocycles. The van der Waals surface area contributed by atoms with Gasteiger partial charge in [0.2, 0.25) is 5.91 Å². The number of aromatic nitrogens is 2. The molecule has 164 valence electrons. The van der Waals surface area contributed by atoms with Crippen molar-refractivity contribution in [1.29, 1.82) is 0 Å². The van der Waals surface area contributed by atoms with E-state index in [4.69, 9.17) is 23.2 Å². The van der Waals surface area contributed by atoms with Crippen molar-refractivity contribution in [2.24, 2.45) is 0 Å². The zero-order valence-electron chi connectivity index (χ0n) is 17.7. The molecule has 0 aliphatic heterocycles. The van der Waals surface area contributed by atoms with Gasteiger partial charge in [0, 0.05) is 60.1 Å². The highest BCUT2D eigenvalue weighted by molar-refractivity contribution is 6.18. The summed E-state index contributed by atoms with van der Waals surface area (Å²) in [7, 11) is 0. The molecular formula is C24H28Cl2N4O. The van der Waals surface area contributed by atoms with Crippen LogP contribution in [0.2, 0.25) is 0 Å². The standard InChI is InChI=1S/C24H28Cl2N4O/c1-18-17-27-24(28-18)20-7-9-21(10-8-20)29-23(31)4-2-3-19-5-11-22(12-6-19)30(15-13-25)16-14-26/h5-12,17H,2-4,13-16H2,1H3,(H,27,28)(H,29,31). The number of rotatable bonds is 11.